The Labute approximate surface area is 189 Å². The molecule has 0 aliphatic carbocycles. The Morgan fingerprint density at radius 3 is 2.35 bits per heavy atom. The lowest BCUT2D eigenvalue weighted by Crippen LogP contribution is -2.03. The van der Waals surface area contributed by atoms with Gasteiger partial charge in [0.25, 0.3) is 5.69 Å². The number of non-ortho nitro benzene ring substituents is 1. The van der Waals surface area contributed by atoms with E-state index in [1.54, 1.807) is 24.3 Å². The largest absolute Gasteiger partial charge is 0.455 e. The highest BCUT2D eigenvalue weighted by Crippen LogP contribution is 2.25. The lowest BCUT2D eigenvalue weighted by atomic mass is 10.1. The summed E-state index contributed by atoms with van der Waals surface area (Å²) >= 11 is 0. The van der Waals surface area contributed by atoms with Gasteiger partial charge in [-0.25, -0.2) is 14.0 Å². The third-order valence-electron chi connectivity index (χ3n) is 4.57. The number of furan rings is 1. The van der Waals surface area contributed by atoms with Crippen molar-refractivity contribution in [2.45, 2.75) is 0 Å². The summed E-state index contributed by atoms with van der Waals surface area (Å²) in [6, 6.07) is 15.1. The molecule has 2 aromatic carbocycles. The Morgan fingerprint density at radius 2 is 1.65 bits per heavy atom. The molecule has 0 atom stereocenters. The quantitative estimate of drug-likeness (QED) is 0.201. The maximum absolute atomic E-state index is 13.2. The van der Waals surface area contributed by atoms with Gasteiger partial charge in [0.2, 0.25) is 11.3 Å². The molecule has 2 N–H and O–H groups in total. The van der Waals surface area contributed by atoms with Crippen LogP contribution in [0.3, 0.4) is 0 Å². The molecule has 5 rings (SSSR count). The Hall–Kier alpha value is -5.20. The molecule has 0 unspecified atom stereocenters. The van der Waals surface area contributed by atoms with E-state index >= 15 is 0 Å². The second kappa shape index (κ2) is 8.74. The van der Waals surface area contributed by atoms with Crippen LogP contribution in [0.15, 0.2) is 74.8 Å². The van der Waals surface area contributed by atoms with Crippen molar-refractivity contribution in [3.63, 3.8) is 0 Å². The maximum Gasteiger partial charge on any atom is 0.269 e. The van der Waals surface area contributed by atoms with Crippen LogP contribution in [0.5, 0.6) is 0 Å². The fraction of sp³-hybridized carbons (Fsp3) is 0. The van der Waals surface area contributed by atoms with Crippen molar-refractivity contribution >= 4 is 40.5 Å². The van der Waals surface area contributed by atoms with Gasteiger partial charge in [-0.15, -0.1) is 0 Å². The standard InChI is InChI=1S/C21H13FN8O4/c22-13-3-5-14(6-4-13)24-18-19(26-21-20(25-18)28-34-29-21)27-23-11-16-9-10-17(33-16)12-1-7-15(8-2-12)30(31)32/h1-11H,(H,24,25,28)(H,26,27,29)/b23-11+. The zero-order valence-electron chi connectivity index (χ0n) is 17.0. The SMILES string of the molecule is O=[N+]([O-])c1ccc(-c2ccc(/C=N/Nc3nc4nonc4nc3Nc3ccc(F)cc3)o2)cc1. The van der Waals surface area contributed by atoms with E-state index in [4.69, 9.17) is 4.42 Å². The lowest BCUT2D eigenvalue weighted by Gasteiger charge is -2.09. The number of nitro groups is 1. The van der Waals surface area contributed by atoms with E-state index in [-0.39, 0.29) is 34.4 Å². The average Bonchev–Trinajstić information content (AvgIpc) is 3.50. The van der Waals surface area contributed by atoms with Crippen molar-refractivity contribution in [2.75, 3.05) is 10.7 Å². The van der Waals surface area contributed by atoms with E-state index < -0.39 is 4.92 Å². The number of nitrogens with zero attached hydrogens (tertiary/aromatic N) is 6. The van der Waals surface area contributed by atoms with Crippen LogP contribution in [0, 0.1) is 15.9 Å². The Kier molecular flexibility index (Phi) is 5.32. The molecule has 0 aliphatic rings. The van der Waals surface area contributed by atoms with E-state index in [2.05, 4.69) is 40.8 Å². The first kappa shape index (κ1) is 20.7. The van der Waals surface area contributed by atoms with Crippen LogP contribution in [-0.4, -0.2) is 31.4 Å². The van der Waals surface area contributed by atoms with E-state index in [1.807, 2.05) is 0 Å². The van der Waals surface area contributed by atoms with Gasteiger partial charge in [-0.2, -0.15) is 10.1 Å². The van der Waals surface area contributed by atoms with Crippen molar-refractivity contribution in [3.05, 3.63) is 82.4 Å². The highest BCUT2D eigenvalue weighted by atomic mass is 19.1. The number of halogens is 1. The minimum Gasteiger partial charge on any atom is -0.455 e. The van der Waals surface area contributed by atoms with Crippen molar-refractivity contribution in [2.24, 2.45) is 5.10 Å². The smallest absolute Gasteiger partial charge is 0.269 e. The van der Waals surface area contributed by atoms with Gasteiger partial charge >= 0.3 is 0 Å². The highest BCUT2D eigenvalue weighted by molar-refractivity contribution is 5.80. The van der Waals surface area contributed by atoms with E-state index in [0.717, 1.165) is 0 Å². The topological polar surface area (TPSA) is 157 Å². The highest BCUT2D eigenvalue weighted by Gasteiger charge is 2.13. The number of hydrogen-bond donors (Lipinski definition) is 2. The minimum atomic E-state index is -0.468. The van der Waals surface area contributed by atoms with Crippen LogP contribution in [0.2, 0.25) is 0 Å². The molecule has 0 radical (unpaired) electrons. The van der Waals surface area contributed by atoms with Gasteiger partial charge in [0.15, 0.2) is 11.6 Å². The zero-order valence-corrected chi connectivity index (χ0v) is 17.0. The van der Waals surface area contributed by atoms with E-state index in [9.17, 15) is 14.5 Å². The predicted octanol–water partition coefficient (Wildman–Crippen LogP) is 4.51. The van der Waals surface area contributed by atoms with Gasteiger partial charge in [-0.05, 0) is 58.8 Å². The second-order valence-electron chi connectivity index (χ2n) is 6.84. The van der Waals surface area contributed by atoms with Crippen molar-refractivity contribution in [1.29, 1.82) is 0 Å². The van der Waals surface area contributed by atoms with Gasteiger partial charge in [0, 0.05) is 23.4 Å². The fourth-order valence-corrected chi connectivity index (χ4v) is 2.95. The molecule has 13 heteroatoms. The summed E-state index contributed by atoms with van der Waals surface area (Å²) in [6.07, 6.45) is 1.42. The molecule has 0 bridgehead atoms. The number of nitrogens with one attached hydrogen (secondary N) is 2. The predicted molar refractivity (Wildman–Crippen MR) is 119 cm³/mol. The molecular formula is C21H13FN8O4. The molecule has 0 saturated heterocycles. The van der Waals surface area contributed by atoms with Gasteiger partial charge < -0.3 is 9.73 Å². The molecule has 168 valence electrons. The number of nitro benzene ring substituents is 1. The number of aromatic nitrogens is 4. The molecular weight excluding hydrogens is 447 g/mol. The number of anilines is 3. The zero-order chi connectivity index (χ0) is 23.5. The summed E-state index contributed by atoms with van der Waals surface area (Å²) in [6.45, 7) is 0. The summed E-state index contributed by atoms with van der Waals surface area (Å²) in [4.78, 5) is 18.9. The summed E-state index contributed by atoms with van der Waals surface area (Å²) < 4.78 is 23.6. The van der Waals surface area contributed by atoms with E-state index in [0.29, 0.717) is 22.8 Å². The van der Waals surface area contributed by atoms with Gasteiger partial charge in [-0.3, -0.25) is 15.5 Å². The van der Waals surface area contributed by atoms with Gasteiger partial charge in [0.1, 0.15) is 17.3 Å². The molecule has 0 fully saturated rings. The monoisotopic (exact) mass is 460 g/mol. The van der Waals surface area contributed by atoms with Gasteiger partial charge in [-0.1, -0.05) is 0 Å². The summed E-state index contributed by atoms with van der Waals surface area (Å²) in [5.74, 6) is 1.04. The average molecular weight is 460 g/mol. The normalized spacial score (nSPS) is 11.2. The third-order valence-corrected chi connectivity index (χ3v) is 4.57. The molecule has 3 heterocycles. The lowest BCUT2D eigenvalue weighted by molar-refractivity contribution is -0.384. The maximum atomic E-state index is 13.2. The summed E-state index contributed by atoms with van der Waals surface area (Å²) in [5, 5.41) is 25.3. The number of hydrogen-bond acceptors (Lipinski definition) is 11. The number of hydrazone groups is 1. The molecule has 5 aromatic rings. The number of rotatable bonds is 7. The Morgan fingerprint density at radius 1 is 0.941 bits per heavy atom. The second-order valence-corrected chi connectivity index (χ2v) is 6.84. The number of fused-ring (bicyclic) bond motifs is 1. The Balaban J connectivity index is 1.35. The minimum absolute atomic E-state index is 0.00765. The molecule has 34 heavy (non-hydrogen) atoms. The van der Waals surface area contributed by atoms with Crippen molar-refractivity contribution in [3.8, 4) is 11.3 Å². The fourth-order valence-electron chi connectivity index (χ4n) is 2.95. The first-order valence-electron chi connectivity index (χ1n) is 9.72. The van der Waals surface area contributed by atoms with Crippen LogP contribution in [0.4, 0.5) is 27.4 Å². The number of benzene rings is 2. The first-order valence-corrected chi connectivity index (χ1v) is 9.72. The third kappa shape index (κ3) is 4.38. The van der Waals surface area contributed by atoms with Crippen LogP contribution in [-0.2, 0) is 0 Å². The van der Waals surface area contributed by atoms with Crippen molar-refractivity contribution < 1.29 is 18.4 Å². The molecule has 0 spiro atoms. The molecule has 3 aromatic heterocycles. The van der Waals surface area contributed by atoms with Gasteiger partial charge in [0.05, 0.1) is 11.1 Å². The Bertz CT molecular complexity index is 1500. The van der Waals surface area contributed by atoms with Crippen LogP contribution in [0.25, 0.3) is 22.6 Å². The molecule has 0 saturated carbocycles. The molecule has 12 nitrogen and oxygen atoms in total. The van der Waals surface area contributed by atoms with Crippen LogP contribution < -0.4 is 10.7 Å². The molecule has 0 aliphatic heterocycles. The molecule has 0 amide bonds. The van der Waals surface area contributed by atoms with E-state index in [1.165, 1.54) is 42.6 Å². The first-order chi connectivity index (χ1) is 16.5. The van der Waals surface area contributed by atoms with Crippen molar-refractivity contribution in [1.82, 2.24) is 20.3 Å². The summed E-state index contributed by atoms with van der Waals surface area (Å²) in [7, 11) is 0. The van der Waals surface area contributed by atoms with Crippen LogP contribution >= 0.6 is 0 Å². The summed E-state index contributed by atoms with van der Waals surface area (Å²) in [5.41, 5.74) is 4.34. The van der Waals surface area contributed by atoms with Crippen LogP contribution in [0.1, 0.15) is 5.76 Å².